The normalized spacial score (nSPS) is 10.7. The van der Waals surface area contributed by atoms with Gasteiger partial charge in [-0.2, -0.15) is 5.26 Å². The van der Waals surface area contributed by atoms with Crippen molar-refractivity contribution in [1.82, 2.24) is 0 Å². The van der Waals surface area contributed by atoms with E-state index in [1.54, 1.807) is 37.5 Å². The van der Waals surface area contributed by atoms with Crippen molar-refractivity contribution in [3.63, 3.8) is 0 Å². The number of ketones is 1. The zero-order chi connectivity index (χ0) is 23.8. The average Bonchev–Trinajstić information content (AvgIpc) is 3.35. The first kappa shape index (κ1) is 23.0. The van der Waals surface area contributed by atoms with Gasteiger partial charge in [-0.1, -0.05) is 42.5 Å². The van der Waals surface area contributed by atoms with Gasteiger partial charge in [0.25, 0.3) is 0 Å². The van der Waals surface area contributed by atoms with Crippen molar-refractivity contribution >= 4 is 23.2 Å². The van der Waals surface area contributed by atoms with E-state index in [0.29, 0.717) is 23.7 Å². The Labute approximate surface area is 203 Å². The SMILES string of the molecule is COc1ccc(/C=C/C(=O)c2ccc(Cc3ccccc3)s2)cc1COc1ccc(C#N)cc1. The monoisotopic (exact) mass is 465 g/mol. The third-order valence-corrected chi connectivity index (χ3v) is 6.33. The summed E-state index contributed by atoms with van der Waals surface area (Å²) in [7, 11) is 1.61. The summed E-state index contributed by atoms with van der Waals surface area (Å²) in [6.45, 7) is 0.304. The molecule has 168 valence electrons. The number of thiophene rings is 1. The van der Waals surface area contributed by atoms with Crippen LogP contribution in [0.5, 0.6) is 11.5 Å². The summed E-state index contributed by atoms with van der Waals surface area (Å²) in [6, 6.07) is 28.9. The minimum Gasteiger partial charge on any atom is -0.496 e. The van der Waals surface area contributed by atoms with E-state index in [4.69, 9.17) is 14.7 Å². The Morgan fingerprint density at radius 1 is 1.00 bits per heavy atom. The van der Waals surface area contributed by atoms with Gasteiger partial charge in [0.2, 0.25) is 0 Å². The van der Waals surface area contributed by atoms with E-state index in [1.165, 1.54) is 16.9 Å². The lowest BCUT2D eigenvalue weighted by Crippen LogP contribution is -1.99. The molecule has 0 atom stereocenters. The van der Waals surface area contributed by atoms with Gasteiger partial charge in [-0.25, -0.2) is 0 Å². The fourth-order valence-corrected chi connectivity index (χ4v) is 4.42. The van der Waals surface area contributed by atoms with E-state index in [2.05, 4.69) is 18.2 Å². The lowest BCUT2D eigenvalue weighted by Gasteiger charge is -2.11. The van der Waals surface area contributed by atoms with Crippen molar-refractivity contribution in [1.29, 1.82) is 5.26 Å². The molecule has 3 aromatic carbocycles. The number of hydrogen-bond acceptors (Lipinski definition) is 5. The number of benzene rings is 3. The number of ether oxygens (including phenoxy) is 2. The van der Waals surface area contributed by atoms with Gasteiger partial charge >= 0.3 is 0 Å². The maximum absolute atomic E-state index is 12.7. The molecule has 0 aliphatic heterocycles. The van der Waals surface area contributed by atoms with Crippen LogP contribution in [0, 0.1) is 11.3 Å². The van der Waals surface area contributed by atoms with Crippen LogP contribution in [0.3, 0.4) is 0 Å². The first-order chi connectivity index (χ1) is 16.6. The van der Waals surface area contributed by atoms with Gasteiger partial charge in [0.15, 0.2) is 5.78 Å². The predicted octanol–water partition coefficient (Wildman–Crippen LogP) is 6.69. The van der Waals surface area contributed by atoms with Crippen LogP contribution < -0.4 is 9.47 Å². The highest BCUT2D eigenvalue weighted by Crippen LogP contribution is 2.24. The molecule has 0 aliphatic carbocycles. The van der Waals surface area contributed by atoms with Crippen molar-refractivity contribution in [2.45, 2.75) is 13.0 Å². The largest absolute Gasteiger partial charge is 0.496 e. The summed E-state index contributed by atoms with van der Waals surface area (Å²) < 4.78 is 11.3. The summed E-state index contributed by atoms with van der Waals surface area (Å²) >= 11 is 1.53. The van der Waals surface area contributed by atoms with E-state index < -0.39 is 0 Å². The summed E-state index contributed by atoms with van der Waals surface area (Å²) in [5, 5.41) is 8.92. The zero-order valence-corrected chi connectivity index (χ0v) is 19.5. The topological polar surface area (TPSA) is 59.3 Å². The third kappa shape index (κ3) is 6.00. The Balaban J connectivity index is 1.42. The van der Waals surface area contributed by atoms with Gasteiger partial charge in [-0.05, 0) is 65.7 Å². The summed E-state index contributed by atoms with van der Waals surface area (Å²) in [5.41, 5.74) is 3.56. The van der Waals surface area contributed by atoms with E-state index in [9.17, 15) is 4.79 Å². The number of nitriles is 1. The number of nitrogens with zero attached hydrogens (tertiary/aromatic N) is 1. The molecule has 4 aromatic rings. The number of carbonyl (C=O) groups is 1. The Morgan fingerprint density at radius 3 is 2.53 bits per heavy atom. The molecule has 0 N–H and O–H groups in total. The summed E-state index contributed by atoms with van der Waals surface area (Å²) in [6.07, 6.45) is 4.23. The fraction of sp³-hybridized carbons (Fsp3) is 0.103. The minimum absolute atomic E-state index is 0.0180. The van der Waals surface area contributed by atoms with Crippen LogP contribution in [-0.4, -0.2) is 12.9 Å². The number of hydrogen-bond donors (Lipinski definition) is 0. The van der Waals surface area contributed by atoms with Gasteiger partial charge in [0.05, 0.1) is 23.6 Å². The van der Waals surface area contributed by atoms with E-state index in [-0.39, 0.29) is 5.78 Å². The Morgan fingerprint density at radius 2 is 1.79 bits per heavy atom. The molecule has 0 fully saturated rings. The highest BCUT2D eigenvalue weighted by Gasteiger charge is 2.09. The second-order valence-electron chi connectivity index (χ2n) is 7.62. The Bertz CT molecular complexity index is 1330. The number of carbonyl (C=O) groups excluding carboxylic acids is 1. The minimum atomic E-state index is -0.0180. The average molecular weight is 466 g/mol. The smallest absolute Gasteiger partial charge is 0.195 e. The maximum Gasteiger partial charge on any atom is 0.195 e. The van der Waals surface area contributed by atoms with Gasteiger partial charge in [0, 0.05) is 16.9 Å². The fourth-order valence-electron chi connectivity index (χ4n) is 3.46. The molecule has 4 rings (SSSR count). The Hall–Kier alpha value is -4.14. The van der Waals surface area contributed by atoms with Crippen molar-refractivity contribution in [2.75, 3.05) is 7.11 Å². The lowest BCUT2D eigenvalue weighted by molar-refractivity contribution is 0.105. The number of methoxy groups -OCH3 is 1. The van der Waals surface area contributed by atoms with Crippen molar-refractivity contribution in [3.8, 4) is 17.6 Å². The van der Waals surface area contributed by atoms with E-state index in [0.717, 1.165) is 27.3 Å². The number of rotatable bonds is 9. The molecule has 0 saturated heterocycles. The molecule has 1 aromatic heterocycles. The van der Waals surface area contributed by atoms with E-state index in [1.807, 2.05) is 54.6 Å². The van der Waals surface area contributed by atoms with Crippen LogP contribution in [0.15, 0.2) is 91.0 Å². The molecule has 0 saturated carbocycles. The maximum atomic E-state index is 12.7. The first-order valence-corrected chi connectivity index (χ1v) is 11.6. The van der Waals surface area contributed by atoms with Gasteiger partial charge in [-0.3, -0.25) is 4.79 Å². The van der Waals surface area contributed by atoms with Crippen LogP contribution in [0.2, 0.25) is 0 Å². The van der Waals surface area contributed by atoms with Gasteiger partial charge in [-0.15, -0.1) is 11.3 Å². The molecular weight excluding hydrogens is 442 g/mol. The van der Waals surface area contributed by atoms with Gasteiger partial charge in [0.1, 0.15) is 18.1 Å². The molecule has 34 heavy (non-hydrogen) atoms. The van der Waals surface area contributed by atoms with Crippen molar-refractivity contribution in [2.24, 2.45) is 0 Å². The molecule has 0 aliphatic rings. The van der Waals surface area contributed by atoms with Gasteiger partial charge < -0.3 is 9.47 Å². The molecule has 5 heteroatoms. The standard InChI is InChI=1S/C29H23NO3S/c1-32-28-15-10-22(17-24(28)20-33-25-11-7-23(19-30)8-12-25)9-14-27(31)29-16-13-26(34-29)18-21-5-3-2-4-6-21/h2-17H,18,20H2,1H3/b14-9+. The Kier molecular flexibility index (Phi) is 7.54. The second kappa shape index (κ2) is 11.1. The third-order valence-electron chi connectivity index (χ3n) is 5.24. The summed E-state index contributed by atoms with van der Waals surface area (Å²) in [5.74, 6) is 1.36. The predicted molar refractivity (Wildman–Crippen MR) is 135 cm³/mol. The van der Waals surface area contributed by atoms with Crippen LogP contribution in [0.1, 0.15) is 36.8 Å². The first-order valence-electron chi connectivity index (χ1n) is 10.8. The molecule has 0 bridgehead atoms. The van der Waals surface area contributed by atoms with Crippen LogP contribution >= 0.6 is 11.3 Å². The summed E-state index contributed by atoms with van der Waals surface area (Å²) in [4.78, 5) is 14.6. The quantitative estimate of drug-likeness (QED) is 0.204. The molecule has 0 spiro atoms. The molecule has 0 unspecified atom stereocenters. The van der Waals surface area contributed by atoms with Crippen LogP contribution in [0.4, 0.5) is 0 Å². The lowest BCUT2D eigenvalue weighted by atomic mass is 10.1. The van der Waals surface area contributed by atoms with Crippen LogP contribution in [0.25, 0.3) is 6.08 Å². The number of allylic oxidation sites excluding steroid dienone is 1. The molecule has 1 heterocycles. The van der Waals surface area contributed by atoms with Crippen molar-refractivity contribution in [3.05, 3.63) is 123 Å². The van der Waals surface area contributed by atoms with E-state index >= 15 is 0 Å². The van der Waals surface area contributed by atoms with Crippen molar-refractivity contribution < 1.29 is 14.3 Å². The molecular formula is C29H23NO3S. The highest BCUT2D eigenvalue weighted by molar-refractivity contribution is 7.14. The zero-order valence-electron chi connectivity index (χ0n) is 18.7. The molecule has 4 nitrogen and oxygen atoms in total. The molecule has 0 radical (unpaired) electrons. The van der Waals surface area contributed by atoms with Crippen LogP contribution in [-0.2, 0) is 13.0 Å². The highest BCUT2D eigenvalue weighted by atomic mass is 32.1. The molecule has 0 amide bonds. The second-order valence-corrected chi connectivity index (χ2v) is 8.79.